The molecule has 0 atom stereocenters. The van der Waals surface area contributed by atoms with Crippen LogP contribution in [-0.4, -0.2) is 70.6 Å². The van der Waals surface area contributed by atoms with E-state index in [2.05, 4.69) is 42.9 Å². The molecule has 1 saturated heterocycles. The molecule has 0 bridgehead atoms. The average Bonchev–Trinajstić information content (AvgIpc) is 2.82. The Hall–Kier alpha value is -3.23. The van der Waals surface area contributed by atoms with E-state index < -0.39 is 5.54 Å². The molecule has 0 radical (unpaired) electrons. The van der Waals surface area contributed by atoms with Crippen LogP contribution in [0, 0.1) is 19.8 Å². The smallest absolute Gasteiger partial charge is 0.339 e. The number of nitrogens with one attached hydrogen (secondary N) is 1. The second-order valence-electron chi connectivity index (χ2n) is 11.7. The van der Waals surface area contributed by atoms with Crippen molar-refractivity contribution < 1.29 is 14.3 Å². The molecule has 2 aliphatic rings. The first-order valence-electron chi connectivity index (χ1n) is 13.8. The van der Waals surface area contributed by atoms with Crippen molar-refractivity contribution in [2.45, 2.75) is 78.7 Å². The minimum absolute atomic E-state index is 0.0854. The number of carbonyl (C=O) groups excluding carboxylic acids is 2. The SMILES string of the molecule is COC(=O)c1c(C)cc(N2CCN(C(=O)c3cnc(NCCC(C)C)c(C4CCC4)n3)C(C)(C)C2)nc1C. The van der Waals surface area contributed by atoms with Crippen LogP contribution in [0.5, 0.6) is 0 Å². The minimum atomic E-state index is -0.452. The lowest BCUT2D eigenvalue weighted by Gasteiger charge is -2.47. The molecule has 1 N–H and O–H groups in total. The van der Waals surface area contributed by atoms with Crippen LogP contribution in [0.15, 0.2) is 12.3 Å². The van der Waals surface area contributed by atoms with Gasteiger partial charge in [-0.2, -0.15) is 0 Å². The molecule has 1 saturated carbocycles. The molecule has 2 aromatic heterocycles. The monoisotopic (exact) mass is 522 g/mol. The van der Waals surface area contributed by atoms with Crippen LogP contribution in [-0.2, 0) is 4.74 Å². The zero-order valence-electron chi connectivity index (χ0n) is 23.9. The second-order valence-corrected chi connectivity index (χ2v) is 11.7. The van der Waals surface area contributed by atoms with Gasteiger partial charge in [-0.15, -0.1) is 0 Å². The number of piperazine rings is 1. The minimum Gasteiger partial charge on any atom is -0.465 e. The fourth-order valence-corrected chi connectivity index (χ4v) is 5.34. The molecule has 9 heteroatoms. The summed E-state index contributed by atoms with van der Waals surface area (Å²) in [7, 11) is 1.38. The van der Waals surface area contributed by atoms with Crippen molar-refractivity contribution in [1.82, 2.24) is 19.9 Å². The Balaban J connectivity index is 1.52. The van der Waals surface area contributed by atoms with Gasteiger partial charge in [0.15, 0.2) is 0 Å². The first kappa shape index (κ1) is 27.8. The third-order valence-electron chi connectivity index (χ3n) is 7.77. The Morgan fingerprint density at radius 2 is 1.92 bits per heavy atom. The Labute approximate surface area is 226 Å². The highest BCUT2D eigenvalue weighted by Crippen LogP contribution is 2.38. The van der Waals surface area contributed by atoms with Gasteiger partial charge in [-0.3, -0.25) is 4.79 Å². The van der Waals surface area contributed by atoms with E-state index in [9.17, 15) is 9.59 Å². The van der Waals surface area contributed by atoms with E-state index in [0.29, 0.717) is 48.4 Å². The summed E-state index contributed by atoms with van der Waals surface area (Å²) >= 11 is 0. The van der Waals surface area contributed by atoms with Crippen molar-refractivity contribution in [2.24, 2.45) is 5.92 Å². The van der Waals surface area contributed by atoms with E-state index >= 15 is 0 Å². The van der Waals surface area contributed by atoms with Crippen LogP contribution < -0.4 is 10.2 Å². The fraction of sp³-hybridized carbons (Fsp3) is 0.621. The first-order chi connectivity index (χ1) is 18.0. The number of methoxy groups -OCH3 is 1. The van der Waals surface area contributed by atoms with Gasteiger partial charge in [0, 0.05) is 32.1 Å². The number of ether oxygens (including phenoxy) is 1. The van der Waals surface area contributed by atoms with Crippen molar-refractivity contribution in [3.8, 4) is 0 Å². The summed E-state index contributed by atoms with van der Waals surface area (Å²) in [5.74, 6) is 2.14. The van der Waals surface area contributed by atoms with Gasteiger partial charge in [-0.05, 0) is 64.5 Å². The highest BCUT2D eigenvalue weighted by Gasteiger charge is 2.39. The van der Waals surface area contributed by atoms with Gasteiger partial charge in [-0.25, -0.2) is 19.7 Å². The predicted octanol–water partition coefficient (Wildman–Crippen LogP) is 4.74. The van der Waals surface area contributed by atoms with Gasteiger partial charge >= 0.3 is 5.97 Å². The molecule has 0 unspecified atom stereocenters. The van der Waals surface area contributed by atoms with Gasteiger partial charge in [0.2, 0.25) is 0 Å². The summed E-state index contributed by atoms with van der Waals surface area (Å²) in [4.78, 5) is 44.2. The van der Waals surface area contributed by atoms with Gasteiger partial charge in [0.1, 0.15) is 17.3 Å². The molecule has 1 aliphatic carbocycles. The molecule has 3 heterocycles. The molecule has 2 fully saturated rings. The number of rotatable bonds is 8. The number of esters is 1. The zero-order valence-corrected chi connectivity index (χ0v) is 23.9. The first-order valence-corrected chi connectivity index (χ1v) is 13.8. The molecule has 1 amide bonds. The normalized spacial score (nSPS) is 17.4. The molecule has 2 aromatic rings. The highest BCUT2D eigenvalue weighted by molar-refractivity contribution is 5.93. The number of aryl methyl sites for hydroxylation is 2. The molecule has 38 heavy (non-hydrogen) atoms. The molecule has 4 rings (SSSR count). The fourth-order valence-electron chi connectivity index (χ4n) is 5.34. The highest BCUT2D eigenvalue weighted by atomic mass is 16.5. The Morgan fingerprint density at radius 1 is 1.18 bits per heavy atom. The lowest BCUT2D eigenvalue weighted by molar-refractivity contribution is 0.0505. The van der Waals surface area contributed by atoms with Crippen LogP contribution >= 0.6 is 0 Å². The summed E-state index contributed by atoms with van der Waals surface area (Å²) in [6.07, 6.45) is 6.07. The summed E-state index contributed by atoms with van der Waals surface area (Å²) in [6.45, 7) is 14.9. The topological polar surface area (TPSA) is 101 Å². The van der Waals surface area contributed by atoms with Gasteiger partial charge < -0.3 is 19.9 Å². The van der Waals surface area contributed by atoms with Crippen LogP contribution in [0.25, 0.3) is 0 Å². The maximum atomic E-state index is 13.7. The van der Waals surface area contributed by atoms with Crippen molar-refractivity contribution in [3.05, 3.63) is 40.5 Å². The van der Waals surface area contributed by atoms with Crippen LogP contribution in [0.2, 0.25) is 0 Å². The quantitative estimate of drug-likeness (QED) is 0.496. The predicted molar refractivity (Wildman–Crippen MR) is 149 cm³/mol. The maximum absolute atomic E-state index is 13.7. The number of amides is 1. The van der Waals surface area contributed by atoms with Crippen LogP contribution in [0.4, 0.5) is 11.6 Å². The number of anilines is 2. The zero-order chi connectivity index (χ0) is 27.6. The second kappa shape index (κ2) is 11.3. The summed E-state index contributed by atoms with van der Waals surface area (Å²) < 4.78 is 4.92. The molecular formula is C29H42N6O3. The third kappa shape index (κ3) is 5.76. The third-order valence-corrected chi connectivity index (χ3v) is 7.77. The van der Waals surface area contributed by atoms with Crippen molar-refractivity contribution in [2.75, 3.05) is 43.5 Å². The number of hydrogen-bond acceptors (Lipinski definition) is 8. The lowest BCUT2D eigenvalue weighted by atomic mass is 9.82. The molecule has 1 aliphatic heterocycles. The Kier molecular flexibility index (Phi) is 8.23. The van der Waals surface area contributed by atoms with E-state index in [0.717, 1.165) is 48.7 Å². The number of nitrogens with zero attached hydrogens (tertiary/aromatic N) is 5. The largest absolute Gasteiger partial charge is 0.465 e. The standard InChI is InChI=1S/C29H42N6O3/c1-18(2)11-12-30-26-25(21-9-8-10-21)33-22(16-31-26)27(36)35-14-13-34(17-29(35,5)6)23-15-19(3)24(20(4)32-23)28(37)38-7/h15-16,18,21H,8-14,17H2,1-7H3,(H,30,31). The van der Waals surface area contributed by atoms with Crippen molar-refractivity contribution >= 4 is 23.5 Å². The Morgan fingerprint density at radius 3 is 2.50 bits per heavy atom. The number of carbonyl (C=O) groups is 2. The van der Waals surface area contributed by atoms with E-state index in [-0.39, 0.29) is 11.9 Å². The summed E-state index contributed by atoms with van der Waals surface area (Å²) in [5, 5.41) is 3.46. The number of pyridine rings is 1. The summed E-state index contributed by atoms with van der Waals surface area (Å²) in [5.41, 5.74) is 2.87. The molecule has 0 spiro atoms. The number of aromatic nitrogens is 3. The van der Waals surface area contributed by atoms with Gasteiger partial charge in [-0.1, -0.05) is 20.3 Å². The van der Waals surface area contributed by atoms with Crippen molar-refractivity contribution in [1.29, 1.82) is 0 Å². The van der Waals surface area contributed by atoms with E-state index in [1.807, 2.05) is 24.8 Å². The number of hydrogen-bond donors (Lipinski definition) is 1. The van der Waals surface area contributed by atoms with E-state index in [4.69, 9.17) is 14.7 Å². The van der Waals surface area contributed by atoms with E-state index in [1.165, 1.54) is 13.5 Å². The van der Waals surface area contributed by atoms with Gasteiger partial charge in [0.05, 0.1) is 35.8 Å². The Bertz CT molecular complexity index is 1170. The average molecular weight is 523 g/mol. The molecule has 206 valence electrons. The van der Waals surface area contributed by atoms with Crippen molar-refractivity contribution in [3.63, 3.8) is 0 Å². The molecule has 0 aromatic carbocycles. The van der Waals surface area contributed by atoms with E-state index in [1.54, 1.807) is 6.20 Å². The molecular weight excluding hydrogens is 480 g/mol. The lowest BCUT2D eigenvalue weighted by Crippen LogP contribution is -2.61. The summed E-state index contributed by atoms with van der Waals surface area (Å²) in [6, 6.07) is 1.92. The molecule has 9 nitrogen and oxygen atoms in total. The van der Waals surface area contributed by atoms with Gasteiger partial charge in [0.25, 0.3) is 5.91 Å². The maximum Gasteiger partial charge on any atom is 0.339 e. The van der Waals surface area contributed by atoms with Crippen LogP contribution in [0.1, 0.15) is 97.1 Å². The van der Waals surface area contributed by atoms with Crippen LogP contribution in [0.3, 0.4) is 0 Å².